The molecule has 0 aliphatic rings. The quantitative estimate of drug-likeness (QED) is 0.247. The zero-order chi connectivity index (χ0) is 12.2. The van der Waals surface area contributed by atoms with Crippen molar-refractivity contribution in [1.82, 2.24) is 0 Å². The molecule has 2 unspecified atom stereocenters. The van der Waals surface area contributed by atoms with E-state index < -0.39 is 20.6 Å². The van der Waals surface area contributed by atoms with E-state index >= 15 is 0 Å². The summed E-state index contributed by atoms with van der Waals surface area (Å²) in [5, 5.41) is -0.375. The maximum absolute atomic E-state index is 11.3. The van der Waals surface area contributed by atoms with Crippen molar-refractivity contribution in [3.63, 3.8) is 0 Å². The summed E-state index contributed by atoms with van der Waals surface area (Å²) in [5.74, 6) is -0.467. The molecule has 0 aromatic heterocycles. The van der Waals surface area contributed by atoms with Crippen LogP contribution in [0.1, 0.15) is 13.8 Å². The van der Waals surface area contributed by atoms with Crippen LogP contribution >= 0.6 is 11.6 Å². The number of alkyl halides is 1. The Labute approximate surface area is 97.5 Å². The fourth-order valence-electron chi connectivity index (χ4n) is 0.766. The van der Waals surface area contributed by atoms with E-state index in [4.69, 9.17) is 20.8 Å². The van der Waals surface area contributed by atoms with Gasteiger partial charge in [-0.15, -0.1) is 11.6 Å². The number of ether oxygens (including phenoxy) is 1. The standard InChI is InChI=1S/C10H19ClO3Si/c1-7(2)9(12)13-10(8(3)11)14-15(4,5)6/h8,10H,1H2,2-6H3. The topological polar surface area (TPSA) is 35.5 Å². The van der Waals surface area contributed by atoms with E-state index in [0.717, 1.165) is 0 Å². The van der Waals surface area contributed by atoms with Gasteiger partial charge in [-0.3, -0.25) is 0 Å². The molecule has 0 aromatic carbocycles. The van der Waals surface area contributed by atoms with Crippen molar-refractivity contribution >= 4 is 25.9 Å². The van der Waals surface area contributed by atoms with E-state index in [1.54, 1.807) is 13.8 Å². The fourth-order valence-corrected chi connectivity index (χ4v) is 1.90. The van der Waals surface area contributed by atoms with Gasteiger partial charge in [-0.1, -0.05) is 6.58 Å². The number of esters is 1. The van der Waals surface area contributed by atoms with E-state index in [-0.39, 0.29) is 5.38 Å². The number of carbonyl (C=O) groups is 1. The molecule has 0 aliphatic heterocycles. The van der Waals surface area contributed by atoms with Crippen LogP contribution in [0.5, 0.6) is 0 Å². The second kappa shape index (κ2) is 5.68. The third-order valence-electron chi connectivity index (χ3n) is 1.42. The van der Waals surface area contributed by atoms with Crippen LogP contribution < -0.4 is 0 Å². The Balaban J connectivity index is 4.42. The van der Waals surface area contributed by atoms with Gasteiger partial charge < -0.3 is 9.16 Å². The normalized spacial score (nSPS) is 15.6. The van der Waals surface area contributed by atoms with Crippen LogP contribution in [0.2, 0.25) is 19.6 Å². The highest BCUT2D eigenvalue weighted by Gasteiger charge is 2.27. The lowest BCUT2D eigenvalue weighted by Gasteiger charge is -2.27. The minimum atomic E-state index is -1.78. The molecule has 88 valence electrons. The van der Waals surface area contributed by atoms with Gasteiger partial charge in [0, 0.05) is 5.57 Å². The van der Waals surface area contributed by atoms with E-state index in [1.165, 1.54) is 0 Å². The predicted molar refractivity (Wildman–Crippen MR) is 64.4 cm³/mol. The van der Waals surface area contributed by atoms with E-state index in [0.29, 0.717) is 5.57 Å². The van der Waals surface area contributed by atoms with Crippen LogP contribution in [0.25, 0.3) is 0 Å². The van der Waals surface area contributed by atoms with Gasteiger partial charge in [0.05, 0.1) is 5.38 Å². The van der Waals surface area contributed by atoms with Crippen molar-refractivity contribution in [3.8, 4) is 0 Å². The van der Waals surface area contributed by atoms with Crippen molar-refractivity contribution in [1.29, 1.82) is 0 Å². The molecular formula is C10H19ClO3Si. The Hall–Kier alpha value is -0.323. The molecule has 0 amide bonds. The SMILES string of the molecule is C=C(C)C(=O)OC(O[Si](C)(C)C)C(C)Cl. The molecule has 15 heavy (non-hydrogen) atoms. The lowest BCUT2D eigenvalue weighted by Crippen LogP contribution is -2.39. The lowest BCUT2D eigenvalue weighted by molar-refractivity contribution is -0.159. The van der Waals surface area contributed by atoms with Crippen LogP contribution in [0, 0.1) is 0 Å². The van der Waals surface area contributed by atoms with Crippen LogP contribution in [-0.2, 0) is 14.0 Å². The average Bonchev–Trinajstić information content (AvgIpc) is 1.99. The molecule has 0 fully saturated rings. The van der Waals surface area contributed by atoms with Gasteiger partial charge in [0.1, 0.15) is 0 Å². The molecule has 0 heterocycles. The Morgan fingerprint density at radius 3 is 2.13 bits per heavy atom. The highest BCUT2D eigenvalue weighted by atomic mass is 35.5. The Kier molecular flexibility index (Phi) is 5.55. The summed E-state index contributed by atoms with van der Waals surface area (Å²) in [6.07, 6.45) is -0.692. The summed E-state index contributed by atoms with van der Waals surface area (Å²) in [4.78, 5) is 11.3. The number of rotatable bonds is 5. The van der Waals surface area contributed by atoms with Gasteiger partial charge in [-0.25, -0.2) is 4.79 Å². The summed E-state index contributed by atoms with van der Waals surface area (Å²) >= 11 is 5.89. The van der Waals surface area contributed by atoms with Crippen molar-refractivity contribution in [2.45, 2.75) is 45.2 Å². The molecule has 0 bridgehead atoms. The molecule has 0 radical (unpaired) electrons. The van der Waals surface area contributed by atoms with Gasteiger partial charge in [-0.2, -0.15) is 0 Å². The first-order valence-corrected chi connectivity index (χ1v) is 8.66. The van der Waals surface area contributed by atoms with E-state index in [2.05, 4.69) is 6.58 Å². The summed E-state index contributed by atoms with van der Waals surface area (Å²) in [6, 6.07) is 0. The highest BCUT2D eigenvalue weighted by molar-refractivity contribution is 6.69. The Morgan fingerprint density at radius 2 is 1.87 bits per heavy atom. The van der Waals surface area contributed by atoms with Crippen LogP contribution in [0.3, 0.4) is 0 Å². The largest absolute Gasteiger partial charge is 0.432 e. The maximum atomic E-state index is 11.3. The van der Waals surface area contributed by atoms with Gasteiger partial charge in [0.2, 0.25) is 6.29 Å². The van der Waals surface area contributed by atoms with Gasteiger partial charge >= 0.3 is 5.97 Å². The maximum Gasteiger partial charge on any atom is 0.335 e. The molecule has 0 aromatic rings. The van der Waals surface area contributed by atoms with Crippen molar-refractivity contribution in [3.05, 3.63) is 12.2 Å². The molecule has 0 rings (SSSR count). The van der Waals surface area contributed by atoms with Gasteiger partial charge in [-0.05, 0) is 33.5 Å². The fraction of sp³-hybridized carbons (Fsp3) is 0.700. The molecular weight excluding hydrogens is 232 g/mol. The van der Waals surface area contributed by atoms with Crippen LogP contribution in [0.15, 0.2) is 12.2 Å². The first-order chi connectivity index (χ1) is 6.63. The van der Waals surface area contributed by atoms with Crippen molar-refractivity contribution in [2.75, 3.05) is 0 Å². The molecule has 0 saturated carbocycles. The minimum absolute atomic E-state index is 0.344. The lowest BCUT2D eigenvalue weighted by atomic mass is 10.3. The zero-order valence-electron chi connectivity index (χ0n) is 9.96. The molecule has 0 aliphatic carbocycles. The average molecular weight is 251 g/mol. The molecule has 3 nitrogen and oxygen atoms in total. The molecule has 0 saturated heterocycles. The number of hydrogen-bond donors (Lipinski definition) is 0. The third-order valence-corrected chi connectivity index (χ3v) is 2.56. The molecule has 0 spiro atoms. The molecule has 2 atom stereocenters. The van der Waals surface area contributed by atoms with Gasteiger partial charge in [0.25, 0.3) is 0 Å². The van der Waals surface area contributed by atoms with Crippen molar-refractivity contribution in [2.24, 2.45) is 0 Å². The third kappa shape index (κ3) is 6.71. The molecule has 5 heteroatoms. The number of halogens is 1. The first-order valence-electron chi connectivity index (χ1n) is 4.82. The van der Waals surface area contributed by atoms with Crippen molar-refractivity contribution < 1.29 is 14.0 Å². The monoisotopic (exact) mass is 250 g/mol. The first kappa shape index (κ1) is 14.7. The van der Waals surface area contributed by atoms with Gasteiger partial charge in [0.15, 0.2) is 8.32 Å². The Bertz CT molecular complexity index is 246. The summed E-state index contributed by atoms with van der Waals surface area (Å²) in [6.45, 7) is 12.8. The second-order valence-corrected chi connectivity index (χ2v) is 9.61. The molecule has 0 N–H and O–H groups in total. The second-order valence-electron chi connectivity index (χ2n) is 4.46. The minimum Gasteiger partial charge on any atom is -0.432 e. The van der Waals surface area contributed by atoms with Crippen LogP contribution in [0.4, 0.5) is 0 Å². The van der Waals surface area contributed by atoms with E-state index in [1.807, 2.05) is 19.6 Å². The van der Waals surface area contributed by atoms with E-state index in [9.17, 15) is 4.79 Å². The summed E-state index contributed by atoms with van der Waals surface area (Å²) < 4.78 is 10.7. The highest BCUT2D eigenvalue weighted by Crippen LogP contribution is 2.16. The number of carbonyl (C=O) groups excluding carboxylic acids is 1. The smallest absolute Gasteiger partial charge is 0.335 e. The van der Waals surface area contributed by atoms with Crippen LogP contribution in [-0.4, -0.2) is 26.0 Å². The zero-order valence-corrected chi connectivity index (χ0v) is 11.7. The Morgan fingerprint density at radius 1 is 1.40 bits per heavy atom. The summed E-state index contributed by atoms with van der Waals surface area (Å²) in [7, 11) is -1.78. The number of hydrogen-bond acceptors (Lipinski definition) is 3. The predicted octanol–water partition coefficient (Wildman–Crippen LogP) is 2.91. The summed E-state index contributed by atoms with van der Waals surface area (Å²) in [5.41, 5.74) is 0.344.